The molecule has 0 fully saturated rings. The molecule has 0 amide bonds. The Morgan fingerprint density at radius 2 is 1.07 bits per heavy atom. The van der Waals surface area contributed by atoms with Gasteiger partial charge >= 0.3 is 0 Å². The van der Waals surface area contributed by atoms with E-state index in [-0.39, 0.29) is 10.8 Å². The lowest BCUT2D eigenvalue weighted by Crippen LogP contribution is -2.14. The van der Waals surface area contributed by atoms with Crippen LogP contribution in [0.4, 0.5) is 0 Å². The van der Waals surface area contributed by atoms with Crippen molar-refractivity contribution in [3.8, 4) is 33.4 Å². The first-order chi connectivity index (χ1) is 19.4. The van der Waals surface area contributed by atoms with Gasteiger partial charge in [-0.1, -0.05) is 115 Å². The number of aliphatic imine (C=N–C) groups is 2. The van der Waals surface area contributed by atoms with Gasteiger partial charge in [0.2, 0.25) is 0 Å². The van der Waals surface area contributed by atoms with E-state index in [9.17, 15) is 0 Å². The van der Waals surface area contributed by atoms with E-state index in [1.54, 1.807) is 7.05 Å². The fraction of sp³-hybridized carbons (Fsp3) is 0.316. The molecule has 0 aliphatic heterocycles. The molecule has 0 unspecified atom stereocenters. The van der Waals surface area contributed by atoms with E-state index in [1.807, 2.05) is 0 Å². The van der Waals surface area contributed by atoms with Crippen molar-refractivity contribution < 1.29 is 0 Å². The molecule has 0 atom stereocenters. The maximum Gasteiger partial charge on any atom is 0.156 e. The first-order valence-electron chi connectivity index (χ1n) is 14.7. The van der Waals surface area contributed by atoms with Crippen molar-refractivity contribution in [3.05, 3.63) is 108 Å². The molecule has 0 aromatic heterocycles. The number of benzene rings is 4. The van der Waals surface area contributed by atoms with Gasteiger partial charge in [0.15, 0.2) is 5.84 Å². The number of amidine groups is 2. The summed E-state index contributed by atoms with van der Waals surface area (Å²) in [5, 5.41) is 0. The predicted molar refractivity (Wildman–Crippen MR) is 179 cm³/mol. The Labute approximate surface area is 247 Å². The highest BCUT2D eigenvalue weighted by molar-refractivity contribution is 6.06. The highest BCUT2D eigenvalue weighted by atomic mass is 14.9. The van der Waals surface area contributed by atoms with Crippen LogP contribution in [0.15, 0.2) is 101 Å². The summed E-state index contributed by atoms with van der Waals surface area (Å²) in [5.41, 5.74) is 17.1. The van der Waals surface area contributed by atoms with Crippen molar-refractivity contribution in [2.45, 2.75) is 72.1 Å². The molecule has 0 heterocycles. The van der Waals surface area contributed by atoms with Gasteiger partial charge in [-0.05, 0) is 86.0 Å². The van der Waals surface area contributed by atoms with Crippen molar-refractivity contribution in [1.82, 2.24) is 0 Å². The van der Waals surface area contributed by atoms with Crippen LogP contribution in [0.1, 0.15) is 78.0 Å². The third kappa shape index (κ3) is 7.41. The number of nitrogens with two attached hydrogens (primary N) is 1. The average molecular weight is 544 g/mol. The largest absolute Gasteiger partial charge is 0.387 e. The van der Waals surface area contributed by atoms with Gasteiger partial charge in [0.25, 0.3) is 0 Å². The summed E-state index contributed by atoms with van der Waals surface area (Å²) in [4.78, 5) is 9.07. The molecule has 3 heteroatoms. The molecule has 41 heavy (non-hydrogen) atoms. The van der Waals surface area contributed by atoms with Gasteiger partial charge in [0.1, 0.15) is 5.84 Å². The third-order valence-corrected chi connectivity index (χ3v) is 7.52. The van der Waals surface area contributed by atoms with Crippen LogP contribution in [0.25, 0.3) is 33.4 Å². The molecule has 212 valence electrons. The van der Waals surface area contributed by atoms with E-state index in [1.165, 1.54) is 33.4 Å². The minimum absolute atomic E-state index is 0.113. The van der Waals surface area contributed by atoms with E-state index in [0.717, 1.165) is 29.5 Å². The van der Waals surface area contributed by atoms with Gasteiger partial charge in [0.05, 0.1) is 0 Å². The Morgan fingerprint density at radius 3 is 1.49 bits per heavy atom. The average Bonchev–Trinajstić information content (AvgIpc) is 2.95. The molecule has 0 spiro atoms. The molecule has 0 aliphatic carbocycles. The second kappa shape index (κ2) is 12.3. The van der Waals surface area contributed by atoms with Crippen LogP contribution >= 0.6 is 0 Å². The Morgan fingerprint density at radius 1 is 0.610 bits per heavy atom. The van der Waals surface area contributed by atoms with E-state index >= 15 is 0 Å². The highest BCUT2D eigenvalue weighted by Gasteiger charge is 2.16. The van der Waals surface area contributed by atoms with Crippen LogP contribution in [0.5, 0.6) is 0 Å². The van der Waals surface area contributed by atoms with Crippen LogP contribution < -0.4 is 5.73 Å². The molecule has 0 saturated heterocycles. The molecule has 3 nitrogen and oxygen atoms in total. The van der Waals surface area contributed by atoms with Crippen molar-refractivity contribution in [2.24, 2.45) is 15.7 Å². The third-order valence-electron chi connectivity index (χ3n) is 7.52. The summed E-state index contributed by atoms with van der Waals surface area (Å²) in [6.45, 7) is 15.6. The predicted octanol–water partition coefficient (Wildman–Crippen LogP) is 9.82. The van der Waals surface area contributed by atoms with Gasteiger partial charge in [-0.25, -0.2) is 4.99 Å². The standard InChI is InChI=1S/C38H45N3/c1-9-11-35(39)41-36(40-8)29-13-10-12-28(22-29)32-24-30(26-14-18-33(19-15-26)37(2,3)4)23-31(25-32)27-16-20-34(21-17-27)38(5,6)7/h10,12-25H,9,11H2,1-8H3,(H2,39,40,41). The lowest BCUT2D eigenvalue weighted by atomic mass is 9.85. The maximum absolute atomic E-state index is 6.16. The minimum atomic E-state index is 0.113. The van der Waals surface area contributed by atoms with Crippen molar-refractivity contribution in [1.29, 1.82) is 0 Å². The van der Waals surface area contributed by atoms with E-state index in [2.05, 4.69) is 149 Å². The fourth-order valence-corrected chi connectivity index (χ4v) is 4.98. The number of hydrogen-bond donors (Lipinski definition) is 1. The topological polar surface area (TPSA) is 50.7 Å². The van der Waals surface area contributed by atoms with Crippen molar-refractivity contribution in [2.75, 3.05) is 7.05 Å². The zero-order valence-electron chi connectivity index (χ0n) is 26.0. The summed E-state index contributed by atoms with van der Waals surface area (Å²) < 4.78 is 0. The molecule has 4 aromatic carbocycles. The Bertz CT molecular complexity index is 1470. The Kier molecular flexibility index (Phi) is 8.97. The van der Waals surface area contributed by atoms with Gasteiger partial charge in [-0.15, -0.1) is 0 Å². The number of hydrogen-bond acceptors (Lipinski definition) is 1. The molecule has 0 saturated carbocycles. The number of nitrogens with zero attached hydrogens (tertiary/aromatic N) is 2. The number of rotatable bonds is 6. The molecule has 2 N–H and O–H groups in total. The monoisotopic (exact) mass is 543 g/mol. The molecule has 0 radical (unpaired) electrons. The van der Waals surface area contributed by atoms with E-state index in [4.69, 9.17) is 5.73 Å². The quantitative estimate of drug-likeness (QED) is 0.191. The summed E-state index contributed by atoms with van der Waals surface area (Å²) >= 11 is 0. The van der Waals surface area contributed by atoms with Gasteiger partial charge in [-0.3, -0.25) is 4.99 Å². The van der Waals surface area contributed by atoms with E-state index in [0.29, 0.717) is 11.7 Å². The lowest BCUT2D eigenvalue weighted by Gasteiger charge is -2.20. The van der Waals surface area contributed by atoms with Gasteiger partial charge < -0.3 is 5.73 Å². The molecule has 0 aliphatic rings. The second-order valence-electron chi connectivity index (χ2n) is 12.9. The Hall–Kier alpha value is -3.98. The molecule has 4 rings (SSSR count). The molecule has 0 bridgehead atoms. The Balaban J connectivity index is 1.84. The minimum Gasteiger partial charge on any atom is -0.387 e. The normalized spacial score (nSPS) is 13.0. The molecule has 4 aromatic rings. The highest BCUT2D eigenvalue weighted by Crippen LogP contribution is 2.35. The summed E-state index contributed by atoms with van der Waals surface area (Å²) in [5.74, 6) is 1.27. The van der Waals surface area contributed by atoms with Crippen LogP contribution in [-0.4, -0.2) is 18.7 Å². The summed E-state index contributed by atoms with van der Waals surface area (Å²) in [6.07, 6.45) is 1.71. The summed E-state index contributed by atoms with van der Waals surface area (Å²) in [7, 11) is 1.77. The van der Waals surface area contributed by atoms with Crippen LogP contribution in [0, 0.1) is 0 Å². The zero-order chi connectivity index (χ0) is 29.8. The second-order valence-corrected chi connectivity index (χ2v) is 12.9. The van der Waals surface area contributed by atoms with Crippen molar-refractivity contribution >= 4 is 11.7 Å². The lowest BCUT2D eigenvalue weighted by molar-refractivity contribution is 0.590. The molecular formula is C38H45N3. The first-order valence-corrected chi connectivity index (χ1v) is 14.7. The van der Waals surface area contributed by atoms with Crippen LogP contribution in [-0.2, 0) is 10.8 Å². The van der Waals surface area contributed by atoms with Crippen LogP contribution in [0.2, 0.25) is 0 Å². The van der Waals surface area contributed by atoms with Crippen molar-refractivity contribution in [3.63, 3.8) is 0 Å². The van der Waals surface area contributed by atoms with Crippen LogP contribution in [0.3, 0.4) is 0 Å². The zero-order valence-corrected chi connectivity index (χ0v) is 26.0. The van der Waals surface area contributed by atoms with E-state index < -0.39 is 0 Å². The van der Waals surface area contributed by atoms with Gasteiger partial charge in [-0.2, -0.15) is 0 Å². The van der Waals surface area contributed by atoms with Gasteiger partial charge in [0, 0.05) is 19.0 Å². The first kappa shape index (κ1) is 30.0. The smallest absolute Gasteiger partial charge is 0.156 e. The maximum atomic E-state index is 6.16. The fourth-order valence-electron chi connectivity index (χ4n) is 4.98. The SMILES string of the molecule is CCCC(N)=NC(=NC)c1cccc(-c2cc(-c3ccc(C(C)(C)C)cc3)cc(-c3ccc(C(C)(C)C)cc3)c2)c1. The molecular weight excluding hydrogens is 498 g/mol. The summed E-state index contributed by atoms with van der Waals surface area (Å²) in [6, 6.07) is 33.3.